The third-order valence-electron chi connectivity index (χ3n) is 2.59. The van der Waals surface area contributed by atoms with Gasteiger partial charge in [-0.2, -0.15) is 0 Å². The molecule has 0 bridgehead atoms. The van der Waals surface area contributed by atoms with Crippen LogP contribution in [-0.2, 0) is 4.79 Å². The summed E-state index contributed by atoms with van der Waals surface area (Å²) in [6.45, 7) is 3.53. The Labute approximate surface area is 111 Å². The second kappa shape index (κ2) is 6.31. The van der Waals surface area contributed by atoms with Gasteiger partial charge in [-0.05, 0) is 50.6 Å². The minimum absolute atomic E-state index is 0.630. The lowest BCUT2D eigenvalue weighted by Gasteiger charge is -2.18. The van der Waals surface area contributed by atoms with Crippen LogP contribution in [0.5, 0.6) is 0 Å². The molecule has 0 heterocycles. The first-order valence-corrected chi connectivity index (χ1v) is 6.90. The van der Waals surface area contributed by atoms with Crippen molar-refractivity contribution in [2.75, 3.05) is 5.75 Å². The molecule has 0 saturated heterocycles. The van der Waals surface area contributed by atoms with Crippen LogP contribution in [0.25, 0.3) is 0 Å². The fourth-order valence-electron chi connectivity index (χ4n) is 1.37. The Kier molecular flexibility index (Phi) is 5.34. The Morgan fingerprint density at radius 2 is 2.18 bits per heavy atom. The molecule has 1 aromatic rings. The monoisotopic (exact) mass is 272 g/mol. The molecule has 1 aromatic carbocycles. The Morgan fingerprint density at radius 1 is 1.47 bits per heavy atom. The van der Waals surface area contributed by atoms with Crippen LogP contribution in [0.2, 0.25) is 5.02 Å². The molecule has 0 aromatic heterocycles. The molecule has 2 nitrogen and oxygen atoms in total. The molecular weight excluding hydrogens is 256 g/mol. The first-order valence-electron chi connectivity index (χ1n) is 5.53. The number of benzene rings is 1. The maximum Gasteiger partial charge on any atom is 0.309 e. The van der Waals surface area contributed by atoms with Crippen molar-refractivity contribution < 1.29 is 9.90 Å². The zero-order chi connectivity index (χ0) is 12.9. The van der Waals surface area contributed by atoms with Gasteiger partial charge in [0.25, 0.3) is 0 Å². The molecule has 17 heavy (non-hydrogen) atoms. The van der Waals surface area contributed by atoms with Crippen molar-refractivity contribution in [2.24, 2.45) is 5.41 Å². The van der Waals surface area contributed by atoms with Crippen LogP contribution in [0, 0.1) is 5.41 Å². The minimum atomic E-state index is -0.731. The highest BCUT2D eigenvalue weighted by atomic mass is 35.5. The molecule has 0 amide bonds. The van der Waals surface area contributed by atoms with Gasteiger partial charge in [0.15, 0.2) is 0 Å². The van der Waals surface area contributed by atoms with Gasteiger partial charge in [-0.1, -0.05) is 17.7 Å². The summed E-state index contributed by atoms with van der Waals surface area (Å²) in [5.74, 6) is 0.182. The quantitative estimate of drug-likeness (QED) is 0.619. The first-order chi connectivity index (χ1) is 7.92. The highest BCUT2D eigenvalue weighted by Crippen LogP contribution is 2.27. The van der Waals surface area contributed by atoms with E-state index in [1.54, 1.807) is 25.6 Å². The van der Waals surface area contributed by atoms with Gasteiger partial charge in [-0.3, -0.25) is 4.79 Å². The van der Waals surface area contributed by atoms with Crippen LogP contribution in [0.1, 0.15) is 26.7 Å². The van der Waals surface area contributed by atoms with E-state index in [0.717, 1.165) is 22.1 Å². The SMILES string of the molecule is CC(C)(CCCSc1cccc(Cl)c1)C(=O)O. The van der Waals surface area contributed by atoms with Gasteiger partial charge in [-0.15, -0.1) is 11.8 Å². The number of carbonyl (C=O) groups is 1. The molecule has 1 N–H and O–H groups in total. The fourth-order valence-corrected chi connectivity index (χ4v) is 2.53. The van der Waals surface area contributed by atoms with Gasteiger partial charge in [0, 0.05) is 9.92 Å². The van der Waals surface area contributed by atoms with Crippen LogP contribution in [0.3, 0.4) is 0 Å². The van der Waals surface area contributed by atoms with Crippen molar-refractivity contribution >= 4 is 29.3 Å². The number of aliphatic carboxylic acids is 1. The summed E-state index contributed by atoms with van der Waals surface area (Å²) in [7, 11) is 0. The van der Waals surface area contributed by atoms with Gasteiger partial charge in [0.1, 0.15) is 0 Å². The number of thioether (sulfide) groups is 1. The lowest BCUT2D eigenvalue weighted by atomic mass is 9.88. The van der Waals surface area contributed by atoms with E-state index in [1.165, 1.54) is 0 Å². The zero-order valence-corrected chi connectivity index (χ0v) is 11.6. The topological polar surface area (TPSA) is 37.3 Å². The Bertz CT molecular complexity index is 391. The molecule has 94 valence electrons. The molecule has 0 atom stereocenters. The minimum Gasteiger partial charge on any atom is -0.481 e. The average Bonchev–Trinajstić information content (AvgIpc) is 2.24. The second-order valence-electron chi connectivity index (χ2n) is 4.60. The largest absolute Gasteiger partial charge is 0.481 e. The number of rotatable bonds is 6. The standard InChI is InChI=1S/C13H17ClO2S/c1-13(2,12(15)16)7-4-8-17-11-6-3-5-10(14)9-11/h3,5-6,9H,4,7-8H2,1-2H3,(H,15,16). The fraction of sp³-hybridized carbons (Fsp3) is 0.462. The van der Waals surface area contributed by atoms with Crippen molar-refractivity contribution in [3.63, 3.8) is 0 Å². The van der Waals surface area contributed by atoms with Gasteiger partial charge in [0.2, 0.25) is 0 Å². The molecule has 0 aliphatic heterocycles. The van der Waals surface area contributed by atoms with Gasteiger partial charge in [0.05, 0.1) is 5.41 Å². The van der Waals surface area contributed by atoms with Gasteiger partial charge >= 0.3 is 5.97 Å². The molecule has 1 rings (SSSR count). The van der Waals surface area contributed by atoms with Crippen molar-refractivity contribution in [1.29, 1.82) is 0 Å². The predicted molar refractivity (Wildman–Crippen MR) is 72.8 cm³/mol. The smallest absolute Gasteiger partial charge is 0.309 e. The van der Waals surface area contributed by atoms with E-state index in [-0.39, 0.29) is 0 Å². The van der Waals surface area contributed by atoms with Crippen LogP contribution in [0.15, 0.2) is 29.2 Å². The van der Waals surface area contributed by atoms with Crippen LogP contribution in [0.4, 0.5) is 0 Å². The van der Waals surface area contributed by atoms with E-state index in [9.17, 15) is 4.79 Å². The molecule has 0 aliphatic rings. The summed E-state index contributed by atoms with van der Waals surface area (Å²) >= 11 is 7.59. The zero-order valence-electron chi connectivity index (χ0n) is 10.1. The number of carboxylic acids is 1. The third kappa shape index (κ3) is 5.00. The summed E-state index contributed by atoms with van der Waals surface area (Å²) in [6, 6.07) is 7.71. The Hall–Kier alpha value is -0.670. The normalized spacial score (nSPS) is 11.5. The molecule has 0 spiro atoms. The summed E-state index contributed by atoms with van der Waals surface area (Å²) in [6.07, 6.45) is 1.58. The predicted octanol–water partition coefficient (Wildman–Crippen LogP) is 4.32. The van der Waals surface area contributed by atoms with Gasteiger partial charge < -0.3 is 5.11 Å². The molecule has 4 heteroatoms. The summed E-state index contributed by atoms with van der Waals surface area (Å²) in [4.78, 5) is 12.0. The van der Waals surface area contributed by atoms with E-state index in [1.807, 2.05) is 24.3 Å². The van der Waals surface area contributed by atoms with Crippen LogP contribution >= 0.6 is 23.4 Å². The summed E-state index contributed by atoms with van der Waals surface area (Å²) < 4.78 is 0. The van der Waals surface area contributed by atoms with Gasteiger partial charge in [-0.25, -0.2) is 0 Å². The molecule has 0 radical (unpaired) electrons. The van der Waals surface area contributed by atoms with E-state index in [0.29, 0.717) is 6.42 Å². The Morgan fingerprint density at radius 3 is 2.76 bits per heavy atom. The average molecular weight is 273 g/mol. The van der Waals surface area contributed by atoms with E-state index >= 15 is 0 Å². The summed E-state index contributed by atoms with van der Waals surface area (Å²) in [5, 5.41) is 9.71. The highest BCUT2D eigenvalue weighted by Gasteiger charge is 2.25. The molecular formula is C13H17ClO2S. The lowest BCUT2D eigenvalue weighted by Crippen LogP contribution is -2.23. The Balaban J connectivity index is 2.32. The molecule has 0 fully saturated rings. The van der Waals surface area contributed by atoms with Crippen molar-refractivity contribution in [3.05, 3.63) is 29.3 Å². The van der Waals surface area contributed by atoms with Crippen molar-refractivity contribution in [1.82, 2.24) is 0 Å². The third-order valence-corrected chi connectivity index (χ3v) is 3.91. The number of hydrogen-bond acceptors (Lipinski definition) is 2. The number of halogens is 1. The van der Waals surface area contributed by atoms with E-state index < -0.39 is 11.4 Å². The van der Waals surface area contributed by atoms with E-state index in [4.69, 9.17) is 16.7 Å². The van der Waals surface area contributed by atoms with Crippen LogP contribution < -0.4 is 0 Å². The molecule has 0 aliphatic carbocycles. The summed E-state index contributed by atoms with van der Waals surface area (Å²) in [5.41, 5.74) is -0.630. The maximum absolute atomic E-state index is 10.9. The van der Waals surface area contributed by atoms with E-state index in [2.05, 4.69) is 0 Å². The van der Waals surface area contributed by atoms with Crippen molar-refractivity contribution in [2.45, 2.75) is 31.6 Å². The maximum atomic E-state index is 10.9. The number of hydrogen-bond donors (Lipinski definition) is 1. The molecule has 0 unspecified atom stereocenters. The first kappa shape index (κ1) is 14.4. The lowest BCUT2D eigenvalue weighted by molar-refractivity contribution is -0.147. The van der Waals surface area contributed by atoms with Crippen molar-refractivity contribution in [3.8, 4) is 0 Å². The van der Waals surface area contributed by atoms with Crippen LogP contribution in [-0.4, -0.2) is 16.8 Å². The molecule has 0 saturated carbocycles. The highest BCUT2D eigenvalue weighted by molar-refractivity contribution is 7.99. The second-order valence-corrected chi connectivity index (χ2v) is 6.20. The number of carboxylic acid groups (broad SMARTS) is 1.